The topological polar surface area (TPSA) is 161 Å². The van der Waals surface area contributed by atoms with Gasteiger partial charge < -0.3 is 35.8 Å². The van der Waals surface area contributed by atoms with Crippen LogP contribution in [0.2, 0.25) is 0 Å². The molecule has 272 valence electrons. The molecule has 0 radical (unpaired) electrons. The van der Waals surface area contributed by atoms with Crippen molar-refractivity contribution in [2.75, 3.05) is 31.9 Å². The highest BCUT2D eigenvalue weighted by atomic mass is 32.1. The lowest BCUT2D eigenvalue weighted by Crippen LogP contribution is -2.52. The number of amides is 3. The molecule has 3 aliphatic rings. The predicted octanol–water partition coefficient (Wildman–Crippen LogP) is 4.33. The van der Waals surface area contributed by atoms with E-state index in [4.69, 9.17) is 5.73 Å². The molecule has 11 nitrogen and oxygen atoms in total. The summed E-state index contributed by atoms with van der Waals surface area (Å²) in [6, 6.07) is -0.637. The number of nitrogen functional groups attached to an aromatic ring is 1. The van der Waals surface area contributed by atoms with Crippen molar-refractivity contribution in [1.82, 2.24) is 19.7 Å². The van der Waals surface area contributed by atoms with E-state index in [-0.39, 0.29) is 49.6 Å². The molecule has 0 unspecified atom stereocenters. The van der Waals surface area contributed by atoms with E-state index >= 15 is 0 Å². The van der Waals surface area contributed by atoms with Crippen LogP contribution in [0, 0.1) is 17.8 Å². The first-order chi connectivity index (χ1) is 23.0. The minimum absolute atomic E-state index is 0.0220. The number of aliphatic hydroxyl groups is 3. The molecular formula is C36H61N5O6S. The van der Waals surface area contributed by atoms with Crippen molar-refractivity contribution in [2.45, 2.75) is 147 Å². The summed E-state index contributed by atoms with van der Waals surface area (Å²) >= 11 is 1.29. The van der Waals surface area contributed by atoms with E-state index in [1.165, 1.54) is 24.2 Å². The van der Waals surface area contributed by atoms with Gasteiger partial charge in [-0.3, -0.25) is 14.4 Å². The van der Waals surface area contributed by atoms with Crippen LogP contribution in [-0.4, -0.2) is 103 Å². The summed E-state index contributed by atoms with van der Waals surface area (Å²) in [5.41, 5.74) is 6.57. The fraction of sp³-hybridized carbons (Fsp3) is 0.833. The lowest BCUT2D eigenvalue weighted by Gasteiger charge is -2.39. The molecule has 0 bridgehead atoms. The molecule has 1 aliphatic heterocycles. The van der Waals surface area contributed by atoms with Gasteiger partial charge in [0.25, 0.3) is 0 Å². The maximum atomic E-state index is 14.2. The molecule has 12 heteroatoms. The first-order valence-corrected chi connectivity index (χ1v) is 19.5. The maximum Gasteiger partial charge on any atom is 0.242 e. The maximum absolute atomic E-state index is 14.2. The highest BCUT2D eigenvalue weighted by molar-refractivity contribution is 7.13. The Bertz CT molecular complexity index is 1150. The summed E-state index contributed by atoms with van der Waals surface area (Å²) in [7, 11) is 0. The number of nitrogens with two attached hydrogens (primary N) is 1. The number of hydrogen-bond acceptors (Lipinski definition) is 9. The molecule has 2 heterocycles. The van der Waals surface area contributed by atoms with Gasteiger partial charge in [0.05, 0.1) is 37.0 Å². The number of rotatable bonds is 16. The van der Waals surface area contributed by atoms with Crippen molar-refractivity contribution in [3.8, 4) is 0 Å². The summed E-state index contributed by atoms with van der Waals surface area (Å²) in [6.07, 6.45) is 10.3. The quantitative estimate of drug-likeness (QED) is 0.199. The minimum Gasteiger partial charge on any atom is -0.393 e. The zero-order chi connectivity index (χ0) is 34.6. The Morgan fingerprint density at radius 3 is 2.12 bits per heavy atom. The Morgan fingerprint density at radius 1 is 0.938 bits per heavy atom. The molecule has 1 aromatic heterocycles. The number of likely N-dealkylation sites (tertiary alicyclic amines) is 1. The number of carbonyl (C=O) groups is 3. The Kier molecular flexibility index (Phi) is 15.4. The zero-order valence-corrected chi connectivity index (χ0v) is 30.1. The van der Waals surface area contributed by atoms with Crippen LogP contribution in [0.1, 0.15) is 122 Å². The van der Waals surface area contributed by atoms with Crippen LogP contribution < -0.4 is 5.73 Å². The van der Waals surface area contributed by atoms with Gasteiger partial charge in [-0.05, 0) is 56.3 Å². The Labute approximate surface area is 291 Å². The molecule has 48 heavy (non-hydrogen) atoms. The summed E-state index contributed by atoms with van der Waals surface area (Å²) in [4.78, 5) is 50.8. The summed E-state index contributed by atoms with van der Waals surface area (Å²) < 4.78 is 0. The lowest BCUT2D eigenvalue weighted by atomic mass is 9.81. The molecule has 3 amide bonds. The fourth-order valence-corrected chi connectivity index (χ4v) is 8.44. The number of carbonyl (C=O) groups excluding carboxylic acids is 3. The average Bonchev–Trinajstić information content (AvgIpc) is 3.49. The van der Waals surface area contributed by atoms with Gasteiger partial charge in [-0.1, -0.05) is 65.2 Å². The first-order valence-electron chi connectivity index (χ1n) is 18.6. The Balaban J connectivity index is 1.51. The number of aromatic nitrogens is 1. The normalized spacial score (nSPS) is 20.4. The number of hydrogen-bond donors (Lipinski definition) is 4. The zero-order valence-electron chi connectivity index (χ0n) is 29.3. The van der Waals surface area contributed by atoms with E-state index in [0.29, 0.717) is 68.0 Å². The van der Waals surface area contributed by atoms with Crippen LogP contribution in [0.4, 0.5) is 5.13 Å². The molecule has 3 fully saturated rings. The number of aliphatic hydroxyl groups excluding tert-OH is 3. The van der Waals surface area contributed by atoms with Gasteiger partial charge >= 0.3 is 0 Å². The molecular weight excluding hydrogens is 630 g/mol. The smallest absolute Gasteiger partial charge is 0.242 e. The number of nitrogens with zero attached hydrogens (tertiary/aromatic N) is 4. The van der Waals surface area contributed by atoms with Crippen LogP contribution in [0.25, 0.3) is 0 Å². The molecule has 2 aliphatic carbocycles. The molecule has 2 saturated carbocycles. The minimum atomic E-state index is -1.14. The lowest BCUT2D eigenvalue weighted by molar-refractivity contribution is -0.145. The average molecular weight is 692 g/mol. The van der Waals surface area contributed by atoms with E-state index in [1.807, 2.05) is 19.2 Å². The van der Waals surface area contributed by atoms with Crippen LogP contribution in [0.3, 0.4) is 0 Å². The van der Waals surface area contributed by atoms with E-state index in [2.05, 4.69) is 4.98 Å². The van der Waals surface area contributed by atoms with Gasteiger partial charge in [-0.15, -0.1) is 11.3 Å². The van der Waals surface area contributed by atoms with E-state index in [0.717, 1.165) is 51.4 Å². The third-order valence-corrected chi connectivity index (χ3v) is 11.4. The SMILES string of the molecule is CC(C)C[C@H](O)[C@H](O)[C@H](CC1CCCCC1)N(Cc1csc(N)n1)C(=O)CCC(=O)N(CC(=O)N1CCC(O)CC1)CC1CCCCC1. The number of piperidine rings is 1. The van der Waals surface area contributed by atoms with Gasteiger partial charge in [0.1, 0.15) is 6.10 Å². The third-order valence-electron chi connectivity index (χ3n) is 10.7. The molecule has 0 aromatic carbocycles. The molecule has 1 aromatic rings. The van der Waals surface area contributed by atoms with Crippen molar-refractivity contribution in [3.63, 3.8) is 0 Å². The highest BCUT2D eigenvalue weighted by Crippen LogP contribution is 2.32. The van der Waals surface area contributed by atoms with Gasteiger partial charge in [0, 0.05) is 37.9 Å². The molecule has 3 atom stereocenters. The van der Waals surface area contributed by atoms with Gasteiger partial charge in [-0.2, -0.15) is 0 Å². The van der Waals surface area contributed by atoms with E-state index in [9.17, 15) is 29.7 Å². The van der Waals surface area contributed by atoms with E-state index < -0.39 is 24.4 Å². The van der Waals surface area contributed by atoms with E-state index in [1.54, 1.807) is 14.7 Å². The summed E-state index contributed by atoms with van der Waals surface area (Å²) in [5, 5.41) is 34.9. The van der Waals surface area contributed by atoms with Crippen molar-refractivity contribution in [1.29, 1.82) is 0 Å². The van der Waals surface area contributed by atoms with Crippen molar-refractivity contribution in [2.24, 2.45) is 17.8 Å². The molecule has 5 N–H and O–H groups in total. The monoisotopic (exact) mass is 691 g/mol. The third kappa shape index (κ3) is 11.9. The van der Waals surface area contributed by atoms with Gasteiger partial charge in [0.15, 0.2) is 5.13 Å². The van der Waals surface area contributed by atoms with Crippen LogP contribution in [-0.2, 0) is 20.9 Å². The molecule has 4 rings (SSSR count). The fourth-order valence-electron chi connectivity index (χ4n) is 7.88. The predicted molar refractivity (Wildman–Crippen MR) is 188 cm³/mol. The second-order valence-corrected chi connectivity index (χ2v) is 16.0. The Morgan fingerprint density at radius 2 is 1.54 bits per heavy atom. The second-order valence-electron chi connectivity index (χ2n) is 15.1. The number of anilines is 1. The largest absolute Gasteiger partial charge is 0.393 e. The van der Waals surface area contributed by atoms with Crippen molar-refractivity contribution >= 4 is 34.2 Å². The summed E-state index contributed by atoms with van der Waals surface area (Å²) in [5.74, 6) is 0.211. The second kappa shape index (κ2) is 19.2. The number of thiazole rings is 1. The molecule has 0 spiro atoms. The van der Waals surface area contributed by atoms with Crippen LogP contribution in [0.15, 0.2) is 5.38 Å². The van der Waals surface area contributed by atoms with Gasteiger partial charge in [-0.25, -0.2) is 4.98 Å². The van der Waals surface area contributed by atoms with Crippen molar-refractivity contribution in [3.05, 3.63) is 11.1 Å². The summed E-state index contributed by atoms with van der Waals surface area (Å²) in [6.45, 7) is 5.57. The highest BCUT2D eigenvalue weighted by Gasteiger charge is 2.37. The molecule has 1 saturated heterocycles. The first kappa shape index (κ1) is 38.5. The van der Waals surface area contributed by atoms with Crippen LogP contribution in [0.5, 0.6) is 0 Å². The van der Waals surface area contributed by atoms with Gasteiger partial charge in [0.2, 0.25) is 17.7 Å². The van der Waals surface area contributed by atoms with Crippen LogP contribution >= 0.6 is 11.3 Å². The Hall–Kier alpha value is -2.28. The van der Waals surface area contributed by atoms with Crippen molar-refractivity contribution < 1.29 is 29.7 Å². The standard InChI is InChI=1S/C36H61N5O6S/c1-25(2)19-31(43)35(47)30(20-26-9-5-3-6-10-26)41(22-28-24-48-36(37)38-28)33(45)14-13-32(44)40(21-27-11-7-4-8-12-27)23-34(46)39-17-15-29(42)16-18-39/h24-27,29-31,35,42-43,47H,3-23H2,1-2H3,(H2,37,38)/t30-,31-,35+/m0/s1.